The molecule has 0 aliphatic carbocycles. The van der Waals surface area contributed by atoms with Crippen molar-refractivity contribution in [2.75, 3.05) is 26.3 Å². The first-order valence-corrected chi connectivity index (χ1v) is 9.59. The van der Waals surface area contributed by atoms with E-state index in [2.05, 4.69) is 5.32 Å². The lowest BCUT2D eigenvalue weighted by molar-refractivity contribution is 0.0773. The van der Waals surface area contributed by atoms with Crippen molar-refractivity contribution in [3.05, 3.63) is 52.7 Å². The molecule has 5 nitrogen and oxygen atoms in total. The molecule has 3 rings (SSSR count). The van der Waals surface area contributed by atoms with Crippen LogP contribution in [0.15, 0.2) is 47.2 Å². The van der Waals surface area contributed by atoms with Crippen LogP contribution in [0.3, 0.4) is 0 Å². The zero-order valence-corrected chi connectivity index (χ0v) is 15.0. The fourth-order valence-corrected chi connectivity index (χ4v) is 3.45. The number of nitrogens with zero attached hydrogens (tertiary/aromatic N) is 1. The highest BCUT2D eigenvalue weighted by molar-refractivity contribution is 7.07. The third-order valence-electron chi connectivity index (χ3n) is 4.13. The Kier molecular flexibility index (Phi) is 6.71. The third-order valence-corrected chi connectivity index (χ3v) is 4.86. The van der Waals surface area contributed by atoms with Gasteiger partial charge >= 0.3 is 6.03 Å². The minimum atomic E-state index is -0.0710. The van der Waals surface area contributed by atoms with Gasteiger partial charge in [-0.15, -0.1) is 0 Å². The van der Waals surface area contributed by atoms with Crippen molar-refractivity contribution in [2.45, 2.75) is 25.5 Å². The first-order chi connectivity index (χ1) is 12.3. The summed E-state index contributed by atoms with van der Waals surface area (Å²) in [6.07, 6.45) is 2.20. The maximum absolute atomic E-state index is 12.6. The minimum absolute atomic E-state index is 0.0710. The van der Waals surface area contributed by atoms with Gasteiger partial charge in [-0.2, -0.15) is 11.3 Å². The molecule has 2 aromatic rings. The molecule has 0 unspecified atom stereocenters. The molecule has 0 saturated carbocycles. The summed E-state index contributed by atoms with van der Waals surface area (Å²) in [7, 11) is 0. The predicted octanol–water partition coefficient (Wildman–Crippen LogP) is 3.52. The van der Waals surface area contributed by atoms with Crippen LogP contribution in [0.5, 0.6) is 5.75 Å². The number of carbonyl (C=O) groups excluding carboxylic acids is 1. The van der Waals surface area contributed by atoms with Gasteiger partial charge in [-0.1, -0.05) is 18.2 Å². The number of urea groups is 1. The summed E-state index contributed by atoms with van der Waals surface area (Å²) >= 11 is 1.63. The standard InChI is InChI=1S/C19H24N2O3S/c22-19(20-13-16-8-12-25-15-16)21(14-18-7-4-10-23-18)9-11-24-17-5-2-1-3-6-17/h1-3,5-6,8,12,15,18H,4,7,9-11,13-14H2,(H,20,22)/t18-/m0/s1. The number of amides is 2. The molecule has 1 aliphatic heterocycles. The highest BCUT2D eigenvalue weighted by atomic mass is 32.1. The van der Waals surface area contributed by atoms with Crippen LogP contribution < -0.4 is 10.1 Å². The predicted molar refractivity (Wildman–Crippen MR) is 99.0 cm³/mol. The monoisotopic (exact) mass is 360 g/mol. The molecule has 1 saturated heterocycles. The summed E-state index contributed by atoms with van der Waals surface area (Å²) in [4.78, 5) is 14.4. The molecule has 1 fully saturated rings. The molecule has 1 aliphatic rings. The number of benzene rings is 1. The van der Waals surface area contributed by atoms with Crippen molar-refractivity contribution in [1.29, 1.82) is 0 Å². The van der Waals surface area contributed by atoms with Gasteiger partial charge in [-0.05, 0) is 47.4 Å². The van der Waals surface area contributed by atoms with E-state index in [4.69, 9.17) is 9.47 Å². The highest BCUT2D eigenvalue weighted by Gasteiger charge is 2.22. The Morgan fingerprint density at radius 1 is 1.32 bits per heavy atom. The number of nitrogens with one attached hydrogen (secondary N) is 1. The van der Waals surface area contributed by atoms with E-state index in [1.54, 1.807) is 16.2 Å². The Morgan fingerprint density at radius 3 is 2.92 bits per heavy atom. The average molecular weight is 360 g/mol. The van der Waals surface area contributed by atoms with Crippen molar-refractivity contribution in [2.24, 2.45) is 0 Å². The lowest BCUT2D eigenvalue weighted by atomic mass is 10.2. The third kappa shape index (κ3) is 5.76. The van der Waals surface area contributed by atoms with Gasteiger partial charge in [0.05, 0.1) is 12.6 Å². The second-order valence-electron chi connectivity index (χ2n) is 6.03. The van der Waals surface area contributed by atoms with Gasteiger partial charge in [0.15, 0.2) is 0 Å². The Bertz CT molecular complexity index is 627. The molecule has 2 heterocycles. The number of para-hydroxylation sites is 1. The molecule has 1 aromatic heterocycles. The summed E-state index contributed by atoms with van der Waals surface area (Å²) in [5, 5.41) is 7.05. The smallest absolute Gasteiger partial charge is 0.317 e. The topological polar surface area (TPSA) is 50.8 Å². The largest absolute Gasteiger partial charge is 0.492 e. The lowest BCUT2D eigenvalue weighted by Gasteiger charge is -2.25. The summed E-state index contributed by atoms with van der Waals surface area (Å²) < 4.78 is 11.4. The molecule has 0 spiro atoms. The van der Waals surface area contributed by atoms with E-state index >= 15 is 0 Å². The van der Waals surface area contributed by atoms with Crippen LogP contribution in [0.4, 0.5) is 4.79 Å². The molecule has 1 N–H and O–H groups in total. The van der Waals surface area contributed by atoms with Crippen LogP contribution in [0.25, 0.3) is 0 Å². The second kappa shape index (κ2) is 9.44. The lowest BCUT2D eigenvalue weighted by Crippen LogP contribution is -2.45. The van der Waals surface area contributed by atoms with Gasteiger partial charge in [-0.3, -0.25) is 0 Å². The van der Waals surface area contributed by atoms with E-state index in [1.165, 1.54) is 0 Å². The molecule has 1 atom stereocenters. The van der Waals surface area contributed by atoms with Gasteiger partial charge in [0.2, 0.25) is 0 Å². The van der Waals surface area contributed by atoms with Crippen molar-refractivity contribution < 1.29 is 14.3 Å². The first-order valence-electron chi connectivity index (χ1n) is 8.64. The van der Waals surface area contributed by atoms with Gasteiger partial charge in [0.25, 0.3) is 0 Å². The SMILES string of the molecule is O=C(NCc1ccsc1)N(CCOc1ccccc1)C[C@@H]1CCCO1. The number of rotatable bonds is 8. The summed E-state index contributed by atoms with van der Waals surface area (Å²) in [6.45, 7) is 2.93. The van der Waals surface area contributed by atoms with Gasteiger partial charge in [0, 0.05) is 19.7 Å². The summed E-state index contributed by atoms with van der Waals surface area (Å²) in [5.41, 5.74) is 1.12. The zero-order valence-electron chi connectivity index (χ0n) is 14.2. The van der Waals surface area contributed by atoms with Crippen LogP contribution in [0.1, 0.15) is 18.4 Å². The number of ether oxygens (including phenoxy) is 2. The van der Waals surface area contributed by atoms with Crippen LogP contribution in [-0.2, 0) is 11.3 Å². The molecule has 0 radical (unpaired) electrons. The van der Waals surface area contributed by atoms with Crippen molar-refractivity contribution >= 4 is 17.4 Å². The fraction of sp³-hybridized carbons (Fsp3) is 0.421. The molecular weight excluding hydrogens is 336 g/mol. The Hall–Kier alpha value is -2.05. The van der Waals surface area contributed by atoms with Crippen molar-refractivity contribution in [1.82, 2.24) is 10.2 Å². The number of carbonyl (C=O) groups is 1. The highest BCUT2D eigenvalue weighted by Crippen LogP contribution is 2.14. The average Bonchev–Trinajstić information content (AvgIpc) is 3.33. The Balaban J connectivity index is 1.51. The molecule has 134 valence electrons. The maximum atomic E-state index is 12.6. The van der Waals surface area contributed by atoms with Gasteiger partial charge in [-0.25, -0.2) is 4.79 Å². The van der Waals surface area contributed by atoms with E-state index < -0.39 is 0 Å². The Morgan fingerprint density at radius 2 is 2.20 bits per heavy atom. The fourth-order valence-electron chi connectivity index (χ4n) is 2.78. The summed E-state index contributed by atoms with van der Waals surface area (Å²) in [5.74, 6) is 0.818. The molecule has 2 amide bonds. The van der Waals surface area contributed by atoms with Crippen molar-refractivity contribution in [3.63, 3.8) is 0 Å². The van der Waals surface area contributed by atoms with Crippen LogP contribution in [0, 0.1) is 0 Å². The van der Waals surface area contributed by atoms with Crippen LogP contribution in [-0.4, -0.2) is 43.3 Å². The second-order valence-corrected chi connectivity index (χ2v) is 6.81. The molecular formula is C19H24N2O3S. The molecule has 6 heteroatoms. The number of thiophene rings is 1. The molecule has 1 aromatic carbocycles. The quantitative estimate of drug-likeness (QED) is 0.784. The van der Waals surface area contributed by atoms with E-state index in [9.17, 15) is 4.79 Å². The van der Waals surface area contributed by atoms with Gasteiger partial charge in [0.1, 0.15) is 12.4 Å². The normalized spacial score (nSPS) is 16.6. The van der Waals surface area contributed by atoms with Crippen molar-refractivity contribution in [3.8, 4) is 5.75 Å². The van der Waals surface area contributed by atoms with Crippen LogP contribution in [0.2, 0.25) is 0 Å². The number of hydrogen-bond acceptors (Lipinski definition) is 4. The van der Waals surface area contributed by atoms with Crippen LogP contribution >= 0.6 is 11.3 Å². The van der Waals surface area contributed by atoms with E-state index in [0.29, 0.717) is 26.2 Å². The van der Waals surface area contributed by atoms with E-state index in [1.807, 2.05) is 47.2 Å². The maximum Gasteiger partial charge on any atom is 0.317 e. The van der Waals surface area contributed by atoms with E-state index in [-0.39, 0.29) is 12.1 Å². The van der Waals surface area contributed by atoms with E-state index in [0.717, 1.165) is 30.8 Å². The van der Waals surface area contributed by atoms with Gasteiger partial charge < -0.3 is 19.7 Å². The Labute approximate surface area is 152 Å². The number of hydrogen-bond donors (Lipinski definition) is 1. The summed E-state index contributed by atoms with van der Waals surface area (Å²) in [6, 6.07) is 11.6. The minimum Gasteiger partial charge on any atom is -0.492 e. The zero-order chi connectivity index (χ0) is 17.3. The molecule has 25 heavy (non-hydrogen) atoms. The first kappa shape index (κ1) is 17.8. The molecule has 0 bridgehead atoms.